The van der Waals surface area contributed by atoms with Crippen LogP contribution < -0.4 is 0 Å². The Balaban J connectivity index is 1.18. The summed E-state index contributed by atoms with van der Waals surface area (Å²) in [5.74, 6) is 6.54. The molecule has 0 radical (unpaired) electrons. The number of aromatic nitrogens is 2. The average molecular weight is 464 g/mol. The van der Waals surface area contributed by atoms with Crippen LogP contribution in [0.25, 0.3) is 0 Å². The average Bonchev–Trinajstić information content (AvgIpc) is 3.68. The van der Waals surface area contributed by atoms with Crippen molar-refractivity contribution in [3.8, 4) is 6.07 Å². The third-order valence-corrected chi connectivity index (χ3v) is 12.0. The van der Waals surface area contributed by atoms with Crippen molar-refractivity contribution >= 4 is 0 Å². The standard InChI is InChI=1S/C29H41N3O2/c1-27(33)10-8-20-19(13-27)6-7-22-21(20)9-11-28(2)24(12-23(25(22)28)18-4-5-18)29(3)26(34-29)32-16-17(14-30)15-31-32/h15-16,18-26,33H,4-13H2,1-3H3/t19-,20+,21-,22-,23+,24+,25-,26?,27-,28-,29?/m1/s1. The van der Waals surface area contributed by atoms with Crippen LogP contribution in [0.3, 0.4) is 0 Å². The van der Waals surface area contributed by atoms with Crippen LogP contribution in [-0.4, -0.2) is 26.1 Å². The summed E-state index contributed by atoms with van der Waals surface area (Å²) < 4.78 is 8.41. The summed E-state index contributed by atoms with van der Waals surface area (Å²) >= 11 is 0. The van der Waals surface area contributed by atoms with E-state index < -0.39 is 5.60 Å². The smallest absolute Gasteiger partial charge is 0.179 e. The Bertz CT molecular complexity index is 1020. The van der Waals surface area contributed by atoms with Gasteiger partial charge in [0.25, 0.3) is 0 Å². The first-order chi connectivity index (χ1) is 16.2. The van der Waals surface area contributed by atoms with Gasteiger partial charge >= 0.3 is 0 Å². The van der Waals surface area contributed by atoms with Crippen molar-refractivity contribution in [1.29, 1.82) is 5.26 Å². The number of ether oxygens (including phenoxy) is 1. The molecule has 184 valence electrons. The molecule has 6 aliphatic rings. The molecule has 1 N–H and O–H groups in total. The fourth-order valence-corrected chi connectivity index (χ4v) is 10.5. The fraction of sp³-hybridized carbons (Fsp3) is 0.862. The fourth-order valence-electron chi connectivity index (χ4n) is 10.5. The first kappa shape index (κ1) is 21.9. The maximum Gasteiger partial charge on any atom is 0.179 e. The maximum atomic E-state index is 10.8. The second kappa shape index (κ2) is 7.10. The predicted octanol–water partition coefficient (Wildman–Crippen LogP) is 5.70. The van der Waals surface area contributed by atoms with Crippen molar-refractivity contribution in [1.82, 2.24) is 9.78 Å². The van der Waals surface area contributed by atoms with E-state index in [1.807, 2.05) is 10.9 Å². The van der Waals surface area contributed by atoms with Gasteiger partial charge in [-0.3, -0.25) is 0 Å². The lowest BCUT2D eigenvalue weighted by Crippen LogP contribution is -2.52. The molecule has 2 heterocycles. The highest BCUT2D eigenvalue weighted by Gasteiger charge is 2.71. The van der Waals surface area contributed by atoms with Gasteiger partial charge in [-0.1, -0.05) is 6.92 Å². The molecule has 6 fully saturated rings. The highest BCUT2D eigenvalue weighted by atomic mass is 16.6. The molecule has 34 heavy (non-hydrogen) atoms. The zero-order chi connectivity index (χ0) is 23.5. The summed E-state index contributed by atoms with van der Waals surface area (Å²) in [5, 5.41) is 24.5. The van der Waals surface area contributed by atoms with E-state index >= 15 is 0 Å². The normalized spacial score (nSPS) is 54.0. The third kappa shape index (κ3) is 3.07. The molecule has 5 heteroatoms. The summed E-state index contributed by atoms with van der Waals surface area (Å²) in [6.07, 6.45) is 16.4. The lowest BCUT2D eigenvalue weighted by molar-refractivity contribution is -0.111. The molecule has 0 aromatic carbocycles. The van der Waals surface area contributed by atoms with E-state index in [2.05, 4.69) is 31.9 Å². The molecule has 5 nitrogen and oxygen atoms in total. The van der Waals surface area contributed by atoms with Crippen LogP contribution in [0.2, 0.25) is 0 Å². The van der Waals surface area contributed by atoms with Gasteiger partial charge < -0.3 is 9.84 Å². The monoisotopic (exact) mass is 463 g/mol. The van der Waals surface area contributed by atoms with Gasteiger partial charge in [0.05, 0.1) is 17.4 Å². The lowest BCUT2D eigenvalue weighted by Gasteiger charge is -2.58. The Morgan fingerprint density at radius 1 is 1.00 bits per heavy atom. The quantitative estimate of drug-likeness (QED) is 0.584. The molecule has 0 spiro atoms. The SMILES string of the molecule is CC1([C@H]2C[C@@H](C3CC3)[C@H]3[C@@H]4CC[C@@H]5C[C@](C)(O)CC[C@@H]5[C@H]4CC[C@@]32C)OC1n1cc(C#N)cn1. The van der Waals surface area contributed by atoms with E-state index in [9.17, 15) is 10.4 Å². The van der Waals surface area contributed by atoms with Crippen LogP contribution >= 0.6 is 0 Å². The second-order valence-electron chi connectivity index (χ2n) is 13.9. The molecule has 7 rings (SSSR count). The number of fused-ring (bicyclic) bond motifs is 5. The second-order valence-corrected chi connectivity index (χ2v) is 13.9. The topological polar surface area (TPSA) is 74.4 Å². The summed E-state index contributed by atoms with van der Waals surface area (Å²) in [7, 11) is 0. The molecule has 1 saturated heterocycles. The minimum Gasteiger partial charge on any atom is -0.390 e. The van der Waals surface area contributed by atoms with E-state index in [1.165, 1.54) is 51.4 Å². The van der Waals surface area contributed by atoms with Crippen LogP contribution in [0.1, 0.15) is 96.8 Å². The van der Waals surface area contributed by atoms with Gasteiger partial charge in [-0.25, -0.2) is 4.68 Å². The van der Waals surface area contributed by atoms with Crippen molar-refractivity contribution in [2.75, 3.05) is 0 Å². The van der Waals surface area contributed by atoms with Gasteiger partial charge in [-0.2, -0.15) is 10.4 Å². The minimum absolute atomic E-state index is 0.0240. The van der Waals surface area contributed by atoms with E-state index in [-0.39, 0.29) is 11.8 Å². The Kier molecular flexibility index (Phi) is 4.57. The van der Waals surface area contributed by atoms with Crippen molar-refractivity contribution < 1.29 is 9.84 Å². The number of rotatable bonds is 3. The molecule has 11 atom stereocenters. The highest BCUT2D eigenvalue weighted by Crippen LogP contribution is 2.73. The summed E-state index contributed by atoms with van der Waals surface area (Å²) in [5.41, 5.74) is 0.365. The van der Waals surface area contributed by atoms with E-state index in [0.29, 0.717) is 16.9 Å². The molecule has 0 amide bonds. The molecule has 0 bridgehead atoms. The number of nitrogens with zero attached hydrogens (tertiary/aromatic N) is 3. The first-order valence-electron chi connectivity index (χ1n) is 14.1. The zero-order valence-electron chi connectivity index (χ0n) is 21.1. The molecule has 1 aromatic heterocycles. The number of hydrogen-bond donors (Lipinski definition) is 1. The van der Waals surface area contributed by atoms with Crippen LogP contribution in [0.4, 0.5) is 0 Å². The van der Waals surface area contributed by atoms with Gasteiger partial charge in [0.2, 0.25) is 0 Å². The molecular weight excluding hydrogens is 422 g/mol. The molecule has 1 aliphatic heterocycles. The zero-order valence-corrected chi connectivity index (χ0v) is 21.1. The van der Waals surface area contributed by atoms with Crippen LogP contribution in [0, 0.1) is 64.1 Å². The molecule has 5 aliphatic carbocycles. The third-order valence-electron chi connectivity index (χ3n) is 12.0. The Labute approximate surface area is 204 Å². The van der Waals surface area contributed by atoms with Crippen molar-refractivity contribution in [3.63, 3.8) is 0 Å². The Hall–Kier alpha value is -1.38. The molecule has 1 aromatic rings. The van der Waals surface area contributed by atoms with Crippen LogP contribution in [0.5, 0.6) is 0 Å². The van der Waals surface area contributed by atoms with E-state index in [0.717, 1.165) is 54.3 Å². The Morgan fingerprint density at radius 2 is 1.76 bits per heavy atom. The van der Waals surface area contributed by atoms with Gasteiger partial charge in [0.15, 0.2) is 6.23 Å². The number of epoxide rings is 1. The predicted molar refractivity (Wildman–Crippen MR) is 128 cm³/mol. The van der Waals surface area contributed by atoms with Crippen LogP contribution in [0.15, 0.2) is 12.4 Å². The number of hydrogen-bond acceptors (Lipinski definition) is 4. The van der Waals surface area contributed by atoms with Crippen molar-refractivity contribution in [3.05, 3.63) is 18.0 Å². The number of nitriles is 1. The summed E-state index contributed by atoms with van der Waals surface area (Å²) in [4.78, 5) is 0. The van der Waals surface area contributed by atoms with Gasteiger partial charge in [0.1, 0.15) is 11.7 Å². The van der Waals surface area contributed by atoms with Gasteiger partial charge in [-0.15, -0.1) is 0 Å². The lowest BCUT2D eigenvalue weighted by atomic mass is 9.47. The molecular formula is C29H41N3O2. The molecule has 2 unspecified atom stereocenters. The van der Waals surface area contributed by atoms with Crippen molar-refractivity contribution in [2.24, 2.45) is 52.8 Å². The van der Waals surface area contributed by atoms with E-state index in [4.69, 9.17) is 4.74 Å². The summed E-state index contributed by atoms with van der Waals surface area (Å²) in [6, 6.07) is 2.21. The molecule has 5 saturated carbocycles. The van der Waals surface area contributed by atoms with Crippen LogP contribution in [-0.2, 0) is 4.74 Å². The largest absolute Gasteiger partial charge is 0.390 e. The van der Waals surface area contributed by atoms with E-state index in [1.54, 1.807) is 6.20 Å². The summed E-state index contributed by atoms with van der Waals surface area (Å²) in [6.45, 7) is 7.04. The minimum atomic E-state index is -0.434. The van der Waals surface area contributed by atoms with Gasteiger partial charge in [-0.05, 0) is 131 Å². The van der Waals surface area contributed by atoms with Crippen molar-refractivity contribution in [2.45, 2.75) is 102 Å². The number of aliphatic hydroxyl groups is 1. The highest BCUT2D eigenvalue weighted by molar-refractivity contribution is 5.24. The maximum absolute atomic E-state index is 10.8. The Morgan fingerprint density at radius 3 is 2.50 bits per heavy atom. The first-order valence-corrected chi connectivity index (χ1v) is 14.1. The van der Waals surface area contributed by atoms with Gasteiger partial charge in [0, 0.05) is 6.20 Å².